The lowest BCUT2D eigenvalue weighted by molar-refractivity contribution is 0.102. The summed E-state index contributed by atoms with van der Waals surface area (Å²) >= 11 is 6.93. The SMILES string of the molecule is Cc1ccccc1NC(=O)c1nnc([C@@H]2CCCN(S(=O)(=O)c3ccc(F)c(Cl)c3)C2)s1. The molecule has 0 saturated carbocycles. The van der Waals surface area contributed by atoms with Crippen LogP contribution in [0, 0.1) is 12.7 Å². The van der Waals surface area contributed by atoms with Gasteiger partial charge in [0.1, 0.15) is 10.8 Å². The van der Waals surface area contributed by atoms with E-state index in [0.29, 0.717) is 23.7 Å². The monoisotopic (exact) mass is 494 g/mol. The molecule has 1 N–H and O–H groups in total. The van der Waals surface area contributed by atoms with Gasteiger partial charge in [0.15, 0.2) is 0 Å². The fourth-order valence-electron chi connectivity index (χ4n) is 3.53. The standard InChI is InChI=1S/C21H20ClFN4O3S2/c1-13-5-2-3-7-18(13)24-19(28)21-26-25-20(31-21)14-6-4-10-27(12-14)32(29,30)15-8-9-17(23)16(22)11-15/h2-3,5,7-9,11,14H,4,6,10,12H2,1H3,(H,24,28)/t14-/m1/s1. The van der Waals surface area contributed by atoms with Crippen LogP contribution in [0.4, 0.5) is 10.1 Å². The molecule has 2 heterocycles. The number of anilines is 1. The summed E-state index contributed by atoms with van der Waals surface area (Å²) in [5, 5.41) is 11.6. The van der Waals surface area contributed by atoms with Crippen molar-refractivity contribution in [3.8, 4) is 0 Å². The van der Waals surface area contributed by atoms with Crippen LogP contribution in [0.15, 0.2) is 47.4 Å². The van der Waals surface area contributed by atoms with Crippen molar-refractivity contribution in [2.45, 2.75) is 30.6 Å². The van der Waals surface area contributed by atoms with Gasteiger partial charge in [-0.3, -0.25) is 4.79 Å². The predicted molar refractivity (Wildman–Crippen MR) is 121 cm³/mol. The molecule has 4 rings (SSSR count). The van der Waals surface area contributed by atoms with Gasteiger partial charge < -0.3 is 5.32 Å². The van der Waals surface area contributed by atoms with Crippen LogP contribution in [0.5, 0.6) is 0 Å². The van der Waals surface area contributed by atoms with Gasteiger partial charge in [0.2, 0.25) is 15.0 Å². The summed E-state index contributed by atoms with van der Waals surface area (Å²) in [4.78, 5) is 12.5. The molecule has 0 unspecified atom stereocenters. The van der Waals surface area contributed by atoms with E-state index in [-0.39, 0.29) is 33.3 Å². The molecule has 1 aromatic heterocycles. The second-order valence-electron chi connectivity index (χ2n) is 7.49. The summed E-state index contributed by atoms with van der Waals surface area (Å²) < 4.78 is 40.8. The van der Waals surface area contributed by atoms with Gasteiger partial charge in [-0.25, -0.2) is 12.8 Å². The van der Waals surface area contributed by atoms with Crippen molar-refractivity contribution in [3.05, 3.63) is 68.9 Å². The first kappa shape index (κ1) is 22.8. The molecule has 0 spiro atoms. The topological polar surface area (TPSA) is 92.3 Å². The Kier molecular flexibility index (Phi) is 6.57. The van der Waals surface area contributed by atoms with Crippen molar-refractivity contribution in [3.63, 3.8) is 0 Å². The Balaban J connectivity index is 1.49. The molecule has 1 aliphatic heterocycles. The summed E-state index contributed by atoms with van der Waals surface area (Å²) in [6.07, 6.45) is 1.35. The van der Waals surface area contributed by atoms with Gasteiger partial charge in [-0.1, -0.05) is 41.1 Å². The number of benzene rings is 2. The van der Waals surface area contributed by atoms with E-state index in [1.54, 1.807) is 6.07 Å². The van der Waals surface area contributed by atoms with Crippen molar-refractivity contribution in [1.29, 1.82) is 0 Å². The Morgan fingerprint density at radius 3 is 2.78 bits per heavy atom. The van der Waals surface area contributed by atoms with Crippen molar-refractivity contribution in [1.82, 2.24) is 14.5 Å². The van der Waals surface area contributed by atoms with Crippen LogP contribution >= 0.6 is 22.9 Å². The third-order valence-electron chi connectivity index (χ3n) is 5.29. The second-order valence-corrected chi connectivity index (χ2v) is 10.8. The van der Waals surface area contributed by atoms with Crippen molar-refractivity contribution < 1.29 is 17.6 Å². The molecule has 1 atom stereocenters. The molecule has 168 valence electrons. The number of para-hydroxylation sites is 1. The van der Waals surface area contributed by atoms with Gasteiger partial charge in [-0.2, -0.15) is 4.31 Å². The first-order valence-corrected chi connectivity index (χ1v) is 12.5. The first-order valence-electron chi connectivity index (χ1n) is 9.91. The Hall–Kier alpha value is -2.40. The van der Waals surface area contributed by atoms with Crippen LogP contribution in [0.1, 0.15) is 39.1 Å². The average molecular weight is 495 g/mol. The summed E-state index contributed by atoms with van der Waals surface area (Å²) in [5.74, 6) is -1.22. The van der Waals surface area contributed by atoms with Gasteiger partial charge in [0, 0.05) is 24.7 Å². The van der Waals surface area contributed by atoms with E-state index >= 15 is 0 Å². The fourth-order valence-corrected chi connectivity index (χ4v) is 6.19. The molecule has 1 aliphatic rings. The maximum absolute atomic E-state index is 13.5. The quantitative estimate of drug-likeness (QED) is 0.565. The number of amides is 1. The number of piperidine rings is 1. The average Bonchev–Trinajstić information content (AvgIpc) is 3.28. The van der Waals surface area contributed by atoms with E-state index in [1.165, 1.54) is 10.4 Å². The van der Waals surface area contributed by atoms with Crippen LogP contribution in [0.3, 0.4) is 0 Å². The summed E-state index contributed by atoms with van der Waals surface area (Å²) in [6, 6.07) is 10.8. The molecule has 1 saturated heterocycles. The zero-order valence-electron chi connectivity index (χ0n) is 17.1. The molecule has 0 aliphatic carbocycles. The van der Waals surface area contributed by atoms with Crippen LogP contribution < -0.4 is 5.32 Å². The Bertz CT molecular complexity index is 1270. The molecular formula is C21H20ClFN4O3S2. The van der Waals surface area contributed by atoms with E-state index in [1.807, 2.05) is 25.1 Å². The highest BCUT2D eigenvalue weighted by Crippen LogP contribution is 2.33. The number of nitrogens with zero attached hydrogens (tertiary/aromatic N) is 3. The van der Waals surface area contributed by atoms with Crippen molar-refractivity contribution >= 4 is 44.6 Å². The minimum absolute atomic E-state index is 0.0555. The van der Waals surface area contributed by atoms with E-state index in [2.05, 4.69) is 15.5 Å². The number of carbonyl (C=O) groups is 1. The van der Waals surface area contributed by atoms with E-state index in [4.69, 9.17) is 11.6 Å². The number of hydrogen-bond acceptors (Lipinski definition) is 6. The number of carbonyl (C=O) groups excluding carboxylic acids is 1. The number of nitrogens with one attached hydrogen (secondary N) is 1. The van der Waals surface area contributed by atoms with Crippen LogP contribution in [0.25, 0.3) is 0 Å². The van der Waals surface area contributed by atoms with Crippen LogP contribution in [0.2, 0.25) is 5.02 Å². The zero-order chi connectivity index (χ0) is 22.9. The Labute approximate surface area is 194 Å². The minimum atomic E-state index is -3.84. The van der Waals surface area contributed by atoms with E-state index < -0.39 is 15.8 Å². The lowest BCUT2D eigenvalue weighted by atomic mass is 10.0. The van der Waals surface area contributed by atoms with Gasteiger partial charge >= 0.3 is 0 Å². The minimum Gasteiger partial charge on any atom is -0.320 e. The Morgan fingerprint density at radius 1 is 1.25 bits per heavy atom. The lowest BCUT2D eigenvalue weighted by Crippen LogP contribution is -2.39. The van der Waals surface area contributed by atoms with Gasteiger partial charge in [0.05, 0.1) is 9.92 Å². The molecule has 1 fully saturated rings. The number of rotatable bonds is 5. The highest BCUT2D eigenvalue weighted by molar-refractivity contribution is 7.89. The zero-order valence-corrected chi connectivity index (χ0v) is 19.5. The summed E-state index contributed by atoms with van der Waals surface area (Å²) in [7, 11) is -3.84. The van der Waals surface area contributed by atoms with Gasteiger partial charge in [-0.15, -0.1) is 10.2 Å². The van der Waals surface area contributed by atoms with Gasteiger partial charge in [0.25, 0.3) is 5.91 Å². The maximum Gasteiger partial charge on any atom is 0.286 e. The van der Waals surface area contributed by atoms with Crippen LogP contribution in [-0.2, 0) is 10.0 Å². The molecule has 7 nitrogen and oxygen atoms in total. The molecule has 0 bridgehead atoms. The molecule has 11 heteroatoms. The summed E-state index contributed by atoms with van der Waals surface area (Å²) in [5.41, 5.74) is 1.63. The third-order valence-corrected chi connectivity index (χ3v) is 8.53. The molecule has 0 radical (unpaired) electrons. The lowest BCUT2D eigenvalue weighted by Gasteiger charge is -2.30. The second kappa shape index (κ2) is 9.22. The highest BCUT2D eigenvalue weighted by Gasteiger charge is 2.33. The third kappa shape index (κ3) is 4.68. The fraction of sp³-hybridized carbons (Fsp3) is 0.286. The number of aryl methyl sites for hydroxylation is 1. The highest BCUT2D eigenvalue weighted by atomic mass is 35.5. The molecule has 1 amide bonds. The smallest absolute Gasteiger partial charge is 0.286 e. The number of hydrogen-bond donors (Lipinski definition) is 1. The Morgan fingerprint density at radius 2 is 2.03 bits per heavy atom. The molecule has 3 aromatic rings. The molecule has 2 aromatic carbocycles. The number of aromatic nitrogens is 2. The van der Waals surface area contributed by atoms with Crippen molar-refractivity contribution in [2.24, 2.45) is 0 Å². The summed E-state index contributed by atoms with van der Waals surface area (Å²) in [6.45, 7) is 2.44. The molecule has 32 heavy (non-hydrogen) atoms. The largest absolute Gasteiger partial charge is 0.320 e. The normalized spacial score (nSPS) is 17.3. The first-order chi connectivity index (χ1) is 15.3. The van der Waals surface area contributed by atoms with Crippen LogP contribution in [-0.4, -0.2) is 41.9 Å². The van der Waals surface area contributed by atoms with E-state index in [0.717, 1.165) is 35.5 Å². The number of halogens is 2. The molecular weight excluding hydrogens is 475 g/mol. The van der Waals surface area contributed by atoms with Gasteiger partial charge in [-0.05, 0) is 49.6 Å². The van der Waals surface area contributed by atoms with E-state index in [9.17, 15) is 17.6 Å². The maximum atomic E-state index is 13.5. The predicted octanol–water partition coefficient (Wildman–Crippen LogP) is 4.46. The van der Waals surface area contributed by atoms with Crippen molar-refractivity contribution in [2.75, 3.05) is 18.4 Å². The number of sulfonamides is 1.